The van der Waals surface area contributed by atoms with Crippen LogP contribution in [0.4, 0.5) is 0 Å². The first-order chi connectivity index (χ1) is 15.5. The van der Waals surface area contributed by atoms with E-state index in [1.54, 1.807) is 0 Å². The van der Waals surface area contributed by atoms with Crippen molar-refractivity contribution in [1.29, 1.82) is 0 Å². The third-order valence-corrected chi connectivity index (χ3v) is 6.94. The number of para-hydroxylation sites is 1. The Hall–Kier alpha value is -2.82. The highest BCUT2D eigenvalue weighted by molar-refractivity contribution is 5.94. The predicted octanol–water partition coefficient (Wildman–Crippen LogP) is 4.53. The van der Waals surface area contributed by atoms with E-state index in [-0.39, 0.29) is 17.9 Å². The second kappa shape index (κ2) is 9.76. The van der Waals surface area contributed by atoms with Crippen molar-refractivity contribution in [3.8, 4) is 5.75 Å². The third kappa shape index (κ3) is 4.98. The Morgan fingerprint density at radius 2 is 1.84 bits per heavy atom. The Bertz CT molecular complexity index is 963. The highest BCUT2D eigenvalue weighted by Gasteiger charge is 2.42. The molecule has 1 N–H and O–H groups in total. The molecule has 0 aromatic heterocycles. The van der Waals surface area contributed by atoms with Crippen LogP contribution in [0.3, 0.4) is 0 Å². The molecular weight excluding hydrogens is 400 g/mol. The zero-order chi connectivity index (χ0) is 22.6. The van der Waals surface area contributed by atoms with Crippen molar-refractivity contribution in [2.45, 2.75) is 58.4 Å². The van der Waals surface area contributed by atoms with E-state index in [0.29, 0.717) is 32.5 Å². The van der Waals surface area contributed by atoms with Crippen LogP contribution in [0, 0.1) is 12.3 Å². The van der Waals surface area contributed by atoms with Crippen molar-refractivity contribution < 1.29 is 14.3 Å². The van der Waals surface area contributed by atoms with E-state index in [1.807, 2.05) is 55.1 Å². The molecule has 1 fully saturated rings. The summed E-state index contributed by atoms with van der Waals surface area (Å²) in [6, 6.07) is 15.9. The second-order valence-electron chi connectivity index (χ2n) is 9.44. The molecule has 0 saturated carbocycles. The van der Waals surface area contributed by atoms with Gasteiger partial charge < -0.3 is 15.0 Å². The standard InChI is InChI=1S/C27H34N2O3/c1-20-8-7-11-23(18-20)25(30)29-16-14-27(15-17-29)13-6-5-10-22-9-3-4-12-24(22)32-19-21(2)28-26(27)31/h3-4,7-9,11-12,18,21H,5-6,10,13-17,19H2,1-2H3,(H,28,31)/t21-/m1/s1. The van der Waals surface area contributed by atoms with Crippen LogP contribution in [0.25, 0.3) is 0 Å². The summed E-state index contributed by atoms with van der Waals surface area (Å²) in [7, 11) is 0. The number of nitrogens with one attached hydrogen (secondary N) is 1. The number of likely N-dealkylation sites (tertiary alicyclic amines) is 1. The van der Waals surface area contributed by atoms with Crippen molar-refractivity contribution in [2.24, 2.45) is 5.41 Å². The number of hydrogen-bond donors (Lipinski definition) is 1. The van der Waals surface area contributed by atoms with Gasteiger partial charge in [-0.2, -0.15) is 0 Å². The summed E-state index contributed by atoms with van der Waals surface area (Å²) in [6.07, 6.45) is 5.25. The number of aryl methyl sites for hydroxylation is 2. The van der Waals surface area contributed by atoms with E-state index in [0.717, 1.165) is 42.6 Å². The topological polar surface area (TPSA) is 58.6 Å². The van der Waals surface area contributed by atoms with Gasteiger partial charge in [0, 0.05) is 18.7 Å². The number of piperidine rings is 1. The van der Waals surface area contributed by atoms with Gasteiger partial charge in [-0.3, -0.25) is 9.59 Å². The van der Waals surface area contributed by atoms with Gasteiger partial charge in [0.05, 0.1) is 11.5 Å². The fourth-order valence-electron chi connectivity index (χ4n) is 4.95. The van der Waals surface area contributed by atoms with Gasteiger partial charge in [0.2, 0.25) is 5.91 Å². The van der Waals surface area contributed by atoms with Gasteiger partial charge in [0.1, 0.15) is 12.4 Å². The fourth-order valence-corrected chi connectivity index (χ4v) is 4.95. The zero-order valence-corrected chi connectivity index (χ0v) is 19.2. The molecule has 1 spiro atoms. The molecule has 1 atom stereocenters. The maximum Gasteiger partial charge on any atom is 0.253 e. The van der Waals surface area contributed by atoms with Crippen LogP contribution in [0.15, 0.2) is 48.5 Å². The van der Waals surface area contributed by atoms with Crippen LogP contribution >= 0.6 is 0 Å². The number of benzene rings is 2. The van der Waals surface area contributed by atoms with Crippen LogP contribution < -0.4 is 10.1 Å². The molecule has 2 aromatic rings. The van der Waals surface area contributed by atoms with Crippen LogP contribution in [0.2, 0.25) is 0 Å². The Kier molecular flexibility index (Phi) is 6.83. The van der Waals surface area contributed by atoms with Crippen LogP contribution in [-0.4, -0.2) is 42.5 Å². The SMILES string of the molecule is Cc1cccc(C(=O)N2CCC3(CCCCc4ccccc4OC[C@@H](C)NC3=O)CC2)c1. The van der Waals surface area contributed by atoms with Crippen LogP contribution in [-0.2, 0) is 11.2 Å². The molecule has 2 aliphatic heterocycles. The molecule has 32 heavy (non-hydrogen) atoms. The molecule has 2 aliphatic rings. The van der Waals surface area contributed by atoms with Crippen molar-refractivity contribution >= 4 is 11.8 Å². The third-order valence-electron chi connectivity index (χ3n) is 6.94. The number of nitrogens with zero attached hydrogens (tertiary/aromatic N) is 1. The summed E-state index contributed by atoms with van der Waals surface area (Å²) in [5.74, 6) is 1.10. The number of hydrogen-bond acceptors (Lipinski definition) is 3. The second-order valence-corrected chi connectivity index (χ2v) is 9.44. The molecule has 2 amide bonds. The van der Waals surface area contributed by atoms with E-state index in [4.69, 9.17) is 4.74 Å². The molecule has 2 heterocycles. The van der Waals surface area contributed by atoms with E-state index < -0.39 is 5.41 Å². The summed E-state index contributed by atoms with van der Waals surface area (Å²) < 4.78 is 6.04. The van der Waals surface area contributed by atoms with Gasteiger partial charge in [0.15, 0.2) is 0 Å². The monoisotopic (exact) mass is 434 g/mol. The number of ether oxygens (including phenoxy) is 1. The minimum absolute atomic E-state index is 0.0653. The number of rotatable bonds is 1. The molecule has 170 valence electrons. The minimum Gasteiger partial charge on any atom is -0.491 e. The number of carbonyl (C=O) groups is 2. The van der Waals surface area contributed by atoms with Crippen molar-refractivity contribution in [3.63, 3.8) is 0 Å². The highest BCUT2D eigenvalue weighted by Crippen LogP contribution is 2.38. The van der Waals surface area contributed by atoms with E-state index in [1.165, 1.54) is 5.56 Å². The molecule has 0 unspecified atom stereocenters. The molecule has 5 nitrogen and oxygen atoms in total. The van der Waals surface area contributed by atoms with E-state index in [9.17, 15) is 9.59 Å². The first-order valence-corrected chi connectivity index (χ1v) is 11.8. The van der Waals surface area contributed by atoms with Crippen LogP contribution in [0.1, 0.15) is 60.5 Å². The number of amides is 2. The molecule has 0 bridgehead atoms. The lowest BCUT2D eigenvalue weighted by molar-refractivity contribution is -0.135. The first kappa shape index (κ1) is 22.4. The lowest BCUT2D eigenvalue weighted by Gasteiger charge is -2.41. The van der Waals surface area contributed by atoms with Gasteiger partial charge in [-0.1, -0.05) is 42.3 Å². The lowest BCUT2D eigenvalue weighted by Crippen LogP contribution is -2.52. The van der Waals surface area contributed by atoms with Crippen molar-refractivity contribution in [1.82, 2.24) is 10.2 Å². The van der Waals surface area contributed by atoms with Gasteiger partial charge in [-0.25, -0.2) is 0 Å². The Balaban J connectivity index is 1.45. The van der Waals surface area contributed by atoms with Gasteiger partial charge in [-0.15, -0.1) is 0 Å². The molecule has 1 saturated heterocycles. The molecule has 5 heteroatoms. The molecular formula is C27H34N2O3. The fraction of sp³-hybridized carbons (Fsp3) is 0.481. The predicted molar refractivity (Wildman–Crippen MR) is 126 cm³/mol. The average molecular weight is 435 g/mol. The maximum absolute atomic E-state index is 13.4. The van der Waals surface area contributed by atoms with E-state index >= 15 is 0 Å². The summed E-state index contributed by atoms with van der Waals surface area (Å²) in [5, 5.41) is 3.20. The number of fused-ring (bicyclic) bond motifs is 1. The summed E-state index contributed by atoms with van der Waals surface area (Å²) in [4.78, 5) is 28.3. The number of carbonyl (C=O) groups excluding carboxylic acids is 2. The Labute approximate surface area is 191 Å². The molecule has 0 radical (unpaired) electrons. The van der Waals surface area contributed by atoms with Gasteiger partial charge >= 0.3 is 0 Å². The Morgan fingerprint density at radius 1 is 1.06 bits per heavy atom. The summed E-state index contributed by atoms with van der Waals surface area (Å²) >= 11 is 0. The van der Waals surface area contributed by atoms with Gasteiger partial charge in [-0.05, 0) is 69.7 Å². The first-order valence-electron chi connectivity index (χ1n) is 11.8. The molecule has 4 rings (SSSR count). The summed E-state index contributed by atoms with van der Waals surface area (Å²) in [6.45, 7) is 5.69. The Morgan fingerprint density at radius 3 is 2.62 bits per heavy atom. The zero-order valence-electron chi connectivity index (χ0n) is 19.2. The molecule has 2 aromatic carbocycles. The quantitative estimate of drug-likeness (QED) is 0.718. The largest absolute Gasteiger partial charge is 0.491 e. The maximum atomic E-state index is 13.4. The van der Waals surface area contributed by atoms with Gasteiger partial charge in [0.25, 0.3) is 5.91 Å². The van der Waals surface area contributed by atoms with Crippen molar-refractivity contribution in [3.05, 3.63) is 65.2 Å². The average Bonchev–Trinajstić information content (AvgIpc) is 2.80. The smallest absolute Gasteiger partial charge is 0.253 e. The van der Waals surface area contributed by atoms with E-state index in [2.05, 4.69) is 17.4 Å². The summed E-state index contributed by atoms with van der Waals surface area (Å²) in [5.41, 5.74) is 2.64. The molecule has 0 aliphatic carbocycles. The van der Waals surface area contributed by atoms with Crippen molar-refractivity contribution in [2.75, 3.05) is 19.7 Å². The normalized spacial score (nSPS) is 21.5. The highest BCUT2D eigenvalue weighted by atomic mass is 16.5. The lowest BCUT2D eigenvalue weighted by atomic mass is 9.73. The van der Waals surface area contributed by atoms with Crippen LogP contribution in [0.5, 0.6) is 5.75 Å². The minimum atomic E-state index is -0.406.